The SMILES string of the molecule is CC(c1nn(-c2ccncc2)c2ccccc12)n1nc(-c2ccc3sc(N)nc3c2)c2c(N)ncnc21. The van der Waals surface area contributed by atoms with Crippen LogP contribution in [0.15, 0.2) is 73.3 Å². The lowest BCUT2D eigenvalue weighted by Gasteiger charge is -2.11. The Morgan fingerprint density at radius 1 is 0.946 bits per heavy atom. The molecule has 0 saturated heterocycles. The summed E-state index contributed by atoms with van der Waals surface area (Å²) in [5, 5.41) is 12.3. The van der Waals surface area contributed by atoms with Gasteiger partial charge in [-0.05, 0) is 37.3 Å². The number of pyridine rings is 1. The van der Waals surface area contributed by atoms with E-state index in [4.69, 9.17) is 21.7 Å². The largest absolute Gasteiger partial charge is 0.383 e. The lowest BCUT2D eigenvalue weighted by molar-refractivity contribution is 0.564. The Kier molecular flexibility index (Phi) is 4.66. The van der Waals surface area contributed by atoms with E-state index in [0.29, 0.717) is 27.7 Å². The highest BCUT2D eigenvalue weighted by Gasteiger charge is 2.25. The van der Waals surface area contributed by atoms with E-state index >= 15 is 0 Å². The van der Waals surface area contributed by atoms with Crippen molar-refractivity contribution in [3.8, 4) is 16.9 Å². The average Bonchev–Trinajstić information content (AvgIpc) is 3.61. The van der Waals surface area contributed by atoms with E-state index in [1.54, 1.807) is 12.4 Å². The average molecular weight is 505 g/mol. The lowest BCUT2D eigenvalue weighted by atomic mass is 10.1. The van der Waals surface area contributed by atoms with Gasteiger partial charge in [-0.25, -0.2) is 24.3 Å². The Morgan fingerprint density at radius 3 is 2.65 bits per heavy atom. The maximum atomic E-state index is 6.37. The van der Waals surface area contributed by atoms with E-state index in [1.807, 2.05) is 51.8 Å². The number of thiazole rings is 1. The molecule has 10 nitrogen and oxygen atoms in total. The van der Waals surface area contributed by atoms with Crippen LogP contribution in [-0.4, -0.2) is 39.5 Å². The molecular formula is C26H20N10S. The molecule has 1 atom stereocenters. The van der Waals surface area contributed by atoms with Gasteiger partial charge in [0.1, 0.15) is 17.8 Å². The fourth-order valence-electron chi connectivity index (χ4n) is 4.76. The summed E-state index contributed by atoms with van der Waals surface area (Å²) in [5.74, 6) is 0.364. The molecular weight excluding hydrogens is 484 g/mol. The molecule has 0 aliphatic carbocycles. The number of fused-ring (bicyclic) bond motifs is 3. The van der Waals surface area contributed by atoms with Crippen molar-refractivity contribution in [2.45, 2.75) is 13.0 Å². The minimum absolute atomic E-state index is 0.253. The summed E-state index contributed by atoms with van der Waals surface area (Å²) in [6.45, 7) is 2.06. The van der Waals surface area contributed by atoms with E-state index in [0.717, 1.165) is 38.1 Å². The molecule has 0 spiro atoms. The van der Waals surface area contributed by atoms with Gasteiger partial charge in [0.15, 0.2) is 10.8 Å². The number of nitrogens with zero attached hydrogens (tertiary/aromatic N) is 8. The van der Waals surface area contributed by atoms with Crippen molar-refractivity contribution < 1.29 is 0 Å². The van der Waals surface area contributed by atoms with Crippen LogP contribution in [-0.2, 0) is 0 Å². The molecule has 7 aromatic rings. The van der Waals surface area contributed by atoms with Gasteiger partial charge in [-0.1, -0.05) is 35.6 Å². The number of rotatable bonds is 4. The molecule has 11 heteroatoms. The lowest BCUT2D eigenvalue weighted by Crippen LogP contribution is -2.11. The molecule has 0 saturated carbocycles. The number of nitrogens with two attached hydrogens (primary N) is 2. The molecule has 0 fully saturated rings. The summed E-state index contributed by atoms with van der Waals surface area (Å²) < 4.78 is 4.81. The second-order valence-electron chi connectivity index (χ2n) is 8.68. The molecule has 5 heterocycles. The van der Waals surface area contributed by atoms with Crippen LogP contribution in [0.1, 0.15) is 18.7 Å². The van der Waals surface area contributed by atoms with Crippen LogP contribution in [0.2, 0.25) is 0 Å². The van der Waals surface area contributed by atoms with Gasteiger partial charge in [-0.3, -0.25) is 4.98 Å². The maximum Gasteiger partial charge on any atom is 0.181 e. The molecule has 0 bridgehead atoms. The smallest absolute Gasteiger partial charge is 0.181 e. The summed E-state index contributed by atoms with van der Waals surface area (Å²) >= 11 is 1.45. The third-order valence-electron chi connectivity index (χ3n) is 6.48. The molecule has 37 heavy (non-hydrogen) atoms. The zero-order valence-corrected chi connectivity index (χ0v) is 20.5. The summed E-state index contributed by atoms with van der Waals surface area (Å²) in [6.07, 6.45) is 4.98. The van der Waals surface area contributed by atoms with Crippen LogP contribution in [0.4, 0.5) is 10.9 Å². The van der Waals surface area contributed by atoms with Gasteiger partial charge in [0.25, 0.3) is 0 Å². The molecule has 0 radical (unpaired) electrons. The number of nitrogen functional groups attached to an aromatic ring is 2. The second-order valence-corrected chi connectivity index (χ2v) is 9.74. The van der Waals surface area contributed by atoms with Crippen LogP contribution in [0.3, 0.4) is 0 Å². The standard InChI is InChI=1S/C26H20N10S/c1-14(22-17-4-2-3-5-19(17)36(33-22)16-8-10-29-11-9-16)35-25-21(24(27)30-13-31-25)23(34-35)15-6-7-20-18(12-15)32-26(28)37-20/h2-14H,1H3,(H2,28,32)(H2,27,30,31). The Hall–Kier alpha value is -4.90. The van der Waals surface area contributed by atoms with Crippen LogP contribution >= 0.6 is 11.3 Å². The third-order valence-corrected chi connectivity index (χ3v) is 7.35. The first-order chi connectivity index (χ1) is 18.1. The Labute approximate surface area is 214 Å². The minimum atomic E-state index is -0.253. The van der Waals surface area contributed by atoms with Crippen molar-refractivity contribution in [2.75, 3.05) is 11.5 Å². The predicted molar refractivity (Wildman–Crippen MR) is 145 cm³/mol. The quantitative estimate of drug-likeness (QED) is 0.354. The highest BCUT2D eigenvalue weighted by molar-refractivity contribution is 7.22. The number of benzene rings is 2. The number of anilines is 2. The molecule has 4 N–H and O–H groups in total. The van der Waals surface area contributed by atoms with Crippen LogP contribution < -0.4 is 11.5 Å². The monoisotopic (exact) mass is 504 g/mol. The van der Waals surface area contributed by atoms with Crippen molar-refractivity contribution in [2.24, 2.45) is 0 Å². The van der Waals surface area contributed by atoms with E-state index in [-0.39, 0.29) is 6.04 Å². The number of para-hydroxylation sites is 1. The minimum Gasteiger partial charge on any atom is -0.383 e. The Bertz CT molecular complexity index is 1940. The molecule has 7 rings (SSSR count). The third kappa shape index (κ3) is 3.32. The molecule has 5 aromatic heterocycles. The van der Waals surface area contributed by atoms with E-state index in [1.165, 1.54) is 17.7 Å². The number of aromatic nitrogens is 8. The Morgan fingerprint density at radius 2 is 1.78 bits per heavy atom. The van der Waals surface area contributed by atoms with Gasteiger partial charge < -0.3 is 11.5 Å². The molecule has 2 aromatic carbocycles. The molecule has 0 aliphatic heterocycles. The summed E-state index contributed by atoms with van der Waals surface area (Å²) in [7, 11) is 0. The van der Waals surface area contributed by atoms with Crippen LogP contribution in [0.5, 0.6) is 0 Å². The van der Waals surface area contributed by atoms with Crippen LogP contribution in [0.25, 0.3) is 49.1 Å². The van der Waals surface area contributed by atoms with Gasteiger partial charge in [-0.15, -0.1) is 0 Å². The van der Waals surface area contributed by atoms with E-state index in [9.17, 15) is 0 Å². The summed E-state index contributed by atoms with van der Waals surface area (Å²) in [5.41, 5.74) is 18.1. The van der Waals surface area contributed by atoms with Crippen molar-refractivity contribution in [1.29, 1.82) is 0 Å². The zero-order valence-electron chi connectivity index (χ0n) is 19.6. The maximum absolute atomic E-state index is 6.37. The van der Waals surface area contributed by atoms with Gasteiger partial charge in [-0.2, -0.15) is 10.2 Å². The zero-order chi connectivity index (χ0) is 25.1. The van der Waals surface area contributed by atoms with Gasteiger partial charge in [0.05, 0.1) is 38.5 Å². The fourth-order valence-corrected chi connectivity index (χ4v) is 5.47. The first-order valence-electron chi connectivity index (χ1n) is 11.6. The summed E-state index contributed by atoms with van der Waals surface area (Å²) in [6, 6.07) is 17.7. The Balaban J connectivity index is 1.44. The van der Waals surface area contributed by atoms with Crippen molar-refractivity contribution in [1.82, 2.24) is 39.5 Å². The molecule has 0 amide bonds. The van der Waals surface area contributed by atoms with E-state index < -0.39 is 0 Å². The van der Waals surface area contributed by atoms with Crippen LogP contribution in [0, 0.1) is 0 Å². The van der Waals surface area contributed by atoms with Crippen molar-refractivity contribution in [3.05, 3.63) is 79.0 Å². The van der Waals surface area contributed by atoms with E-state index in [2.05, 4.69) is 39.0 Å². The first kappa shape index (κ1) is 21.4. The highest BCUT2D eigenvalue weighted by Crippen LogP contribution is 2.36. The molecule has 1 unspecified atom stereocenters. The summed E-state index contributed by atoms with van der Waals surface area (Å²) in [4.78, 5) is 17.4. The first-order valence-corrected chi connectivity index (χ1v) is 12.4. The van der Waals surface area contributed by atoms with Gasteiger partial charge >= 0.3 is 0 Å². The topological polar surface area (TPSA) is 139 Å². The molecule has 0 aliphatic rings. The van der Waals surface area contributed by atoms with Crippen molar-refractivity contribution in [3.63, 3.8) is 0 Å². The fraction of sp³-hybridized carbons (Fsp3) is 0.0769. The highest BCUT2D eigenvalue weighted by atomic mass is 32.1. The normalized spacial score (nSPS) is 12.6. The number of hydrogen-bond donors (Lipinski definition) is 2. The van der Waals surface area contributed by atoms with Crippen molar-refractivity contribution >= 4 is 54.4 Å². The second kappa shape index (κ2) is 8.07. The number of hydrogen-bond acceptors (Lipinski definition) is 9. The van der Waals surface area contributed by atoms with Gasteiger partial charge in [0.2, 0.25) is 0 Å². The van der Waals surface area contributed by atoms with Gasteiger partial charge in [0, 0.05) is 23.3 Å². The molecule has 180 valence electrons. The predicted octanol–water partition coefficient (Wildman–Crippen LogP) is 4.61.